The molecule has 0 aliphatic heterocycles. The van der Waals surface area contributed by atoms with E-state index in [1.807, 2.05) is 30.3 Å². The largest absolute Gasteiger partial charge is 0.495 e. The van der Waals surface area contributed by atoms with E-state index in [-0.39, 0.29) is 22.2 Å². The van der Waals surface area contributed by atoms with Crippen LogP contribution in [0.1, 0.15) is 37.7 Å². The molecule has 0 saturated heterocycles. The van der Waals surface area contributed by atoms with E-state index in [0.717, 1.165) is 24.8 Å². The second kappa shape index (κ2) is 11.5. The molecule has 0 bridgehead atoms. The van der Waals surface area contributed by atoms with E-state index in [1.165, 1.54) is 43.7 Å². The number of ether oxygens (including phenoxy) is 1. The number of hydrogen-bond acceptors (Lipinski definition) is 4. The lowest BCUT2D eigenvalue weighted by Crippen LogP contribution is -2.48. The topological polar surface area (TPSA) is 84.5 Å². The van der Waals surface area contributed by atoms with Crippen molar-refractivity contribution >= 4 is 27.5 Å². The Balaban J connectivity index is 1.73. The van der Waals surface area contributed by atoms with Gasteiger partial charge in [-0.25, -0.2) is 8.42 Å². The summed E-state index contributed by atoms with van der Waals surface area (Å²) in [4.78, 5) is 12.9. The van der Waals surface area contributed by atoms with E-state index in [1.54, 1.807) is 0 Å². The minimum absolute atomic E-state index is 0.0264. The Labute approximate surface area is 195 Å². The van der Waals surface area contributed by atoms with Crippen molar-refractivity contribution in [3.63, 3.8) is 0 Å². The van der Waals surface area contributed by atoms with Gasteiger partial charge in [0.1, 0.15) is 11.8 Å². The number of halogens is 1. The van der Waals surface area contributed by atoms with Crippen molar-refractivity contribution in [1.29, 1.82) is 0 Å². The fourth-order valence-electron chi connectivity index (χ4n) is 3.71. The predicted molar refractivity (Wildman–Crippen MR) is 126 cm³/mol. The Morgan fingerprint density at radius 1 is 1.16 bits per heavy atom. The molecule has 6 nitrogen and oxygen atoms in total. The first-order chi connectivity index (χ1) is 15.4. The van der Waals surface area contributed by atoms with Gasteiger partial charge < -0.3 is 10.1 Å². The summed E-state index contributed by atoms with van der Waals surface area (Å²) in [6, 6.07) is 12.6. The van der Waals surface area contributed by atoms with Crippen molar-refractivity contribution in [3.05, 3.63) is 70.8 Å². The molecular weight excluding hydrogens is 448 g/mol. The van der Waals surface area contributed by atoms with Crippen LogP contribution in [0.5, 0.6) is 5.75 Å². The fraction of sp³-hybridized carbons (Fsp3) is 0.375. The van der Waals surface area contributed by atoms with Gasteiger partial charge in [-0.15, -0.1) is 0 Å². The molecule has 1 amide bonds. The maximum absolute atomic E-state index is 13.0. The van der Waals surface area contributed by atoms with Crippen LogP contribution < -0.4 is 14.8 Å². The molecule has 0 heterocycles. The van der Waals surface area contributed by atoms with E-state index in [4.69, 9.17) is 16.3 Å². The Morgan fingerprint density at radius 3 is 2.59 bits per heavy atom. The fourth-order valence-corrected chi connectivity index (χ4v) is 5.25. The SMILES string of the molecule is COc1ccc(S(=O)(=O)NC(Cc2ccccc2)C(=O)NCCC2=CCCCC2)cc1Cl. The molecule has 1 aliphatic carbocycles. The van der Waals surface area contributed by atoms with Gasteiger partial charge in [-0.1, -0.05) is 53.6 Å². The van der Waals surface area contributed by atoms with Gasteiger partial charge in [0.15, 0.2) is 0 Å². The summed E-state index contributed by atoms with van der Waals surface area (Å²) in [5.41, 5.74) is 2.21. The van der Waals surface area contributed by atoms with Crippen LogP contribution in [-0.2, 0) is 21.2 Å². The van der Waals surface area contributed by atoms with Gasteiger partial charge in [0.25, 0.3) is 0 Å². The molecule has 0 fully saturated rings. The number of benzene rings is 2. The third-order valence-electron chi connectivity index (χ3n) is 5.46. The van der Waals surface area contributed by atoms with Crippen LogP contribution in [0.25, 0.3) is 0 Å². The van der Waals surface area contributed by atoms with E-state index >= 15 is 0 Å². The molecule has 172 valence electrons. The molecular formula is C24H29ClN2O4S. The molecule has 0 aromatic heterocycles. The van der Waals surface area contributed by atoms with Crippen LogP contribution in [0.3, 0.4) is 0 Å². The second-order valence-corrected chi connectivity index (χ2v) is 9.93. The van der Waals surface area contributed by atoms with Gasteiger partial charge in [-0.3, -0.25) is 4.79 Å². The number of hydrogen-bond donors (Lipinski definition) is 2. The molecule has 2 aromatic rings. The summed E-state index contributed by atoms with van der Waals surface area (Å²) in [6.45, 7) is 0.478. The van der Waals surface area contributed by atoms with E-state index < -0.39 is 16.1 Å². The maximum atomic E-state index is 13.0. The van der Waals surface area contributed by atoms with Crippen molar-refractivity contribution in [2.75, 3.05) is 13.7 Å². The zero-order chi connectivity index (χ0) is 23.0. The highest BCUT2D eigenvalue weighted by molar-refractivity contribution is 7.89. The molecule has 1 unspecified atom stereocenters. The third kappa shape index (κ3) is 6.82. The summed E-state index contributed by atoms with van der Waals surface area (Å²) in [5, 5.41) is 3.08. The minimum atomic E-state index is -3.98. The van der Waals surface area contributed by atoms with Crippen LogP contribution in [0, 0.1) is 0 Å². The molecule has 0 saturated carbocycles. The monoisotopic (exact) mass is 476 g/mol. The van der Waals surface area contributed by atoms with Gasteiger partial charge in [0.2, 0.25) is 15.9 Å². The summed E-state index contributed by atoms with van der Waals surface area (Å²) in [7, 11) is -2.52. The molecule has 2 N–H and O–H groups in total. The lowest BCUT2D eigenvalue weighted by Gasteiger charge is -2.20. The summed E-state index contributed by atoms with van der Waals surface area (Å²) >= 11 is 6.10. The average molecular weight is 477 g/mol. The Bertz CT molecular complexity index is 1050. The van der Waals surface area contributed by atoms with E-state index in [0.29, 0.717) is 12.3 Å². The lowest BCUT2D eigenvalue weighted by atomic mass is 9.97. The molecule has 32 heavy (non-hydrogen) atoms. The van der Waals surface area contributed by atoms with Crippen molar-refractivity contribution in [2.24, 2.45) is 0 Å². The Morgan fingerprint density at radius 2 is 1.94 bits per heavy atom. The molecule has 8 heteroatoms. The summed E-state index contributed by atoms with van der Waals surface area (Å²) in [5.74, 6) is 0.0228. The van der Waals surface area contributed by atoms with Gasteiger partial charge in [-0.2, -0.15) is 4.72 Å². The zero-order valence-corrected chi connectivity index (χ0v) is 19.7. The van der Waals surface area contributed by atoms with Crippen molar-refractivity contribution in [3.8, 4) is 5.75 Å². The first-order valence-corrected chi connectivity index (χ1v) is 12.6. The number of carbonyl (C=O) groups excluding carboxylic acids is 1. The molecule has 1 aliphatic rings. The van der Waals surface area contributed by atoms with Crippen molar-refractivity contribution in [2.45, 2.75) is 49.5 Å². The van der Waals surface area contributed by atoms with Crippen molar-refractivity contribution in [1.82, 2.24) is 10.0 Å². The van der Waals surface area contributed by atoms with Crippen molar-refractivity contribution < 1.29 is 17.9 Å². The maximum Gasteiger partial charge on any atom is 0.241 e. The zero-order valence-electron chi connectivity index (χ0n) is 18.1. The Kier molecular flexibility index (Phi) is 8.73. The number of sulfonamides is 1. The van der Waals surface area contributed by atoms with Gasteiger partial charge >= 0.3 is 0 Å². The number of allylic oxidation sites excluding steroid dienone is 1. The van der Waals surface area contributed by atoms with Crippen LogP contribution in [0.15, 0.2) is 65.1 Å². The average Bonchev–Trinajstić information content (AvgIpc) is 2.80. The predicted octanol–water partition coefficient (Wildman–Crippen LogP) is 4.24. The molecule has 0 spiro atoms. The van der Waals surface area contributed by atoms with Gasteiger partial charge in [-0.05, 0) is 62.3 Å². The quantitative estimate of drug-likeness (QED) is 0.502. The van der Waals surface area contributed by atoms with Crippen LogP contribution in [-0.4, -0.2) is 34.0 Å². The number of carbonyl (C=O) groups is 1. The normalized spacial score (nSPS) is 15.0. The smallest absolute Gasteiger partial charge is 0.241 e. The summed E-state index contributed by atoms with van der Waals surface area (Å²) < 4.78 is 33.7. The minimum Gasteiger partial charge on any atom is -0.495 e. The molecule has 2 aromatic carbocycles. The third-order valence-corrected chi connectivity index (χ3v) is 7.23. The first kappa shape index (κ1) is 24.3. The Hall–Kier alpha value is -2.35. The number of rotatable bonds is 10. The van der Waals surface area contributed by atoms with Crippen LogP contribution in [0.2, 0.25) is 5.02 Å². The van der Waals surface area contributed by atoms with E-state index in [2.05, 4.69) is 16.1 Å². The highest BCUT2D eigenvalue weighted by Crippen LogP contribution is 2.27. The molecule has 0 radical (unpaired) electrons. The van der Waals surface area contributed by atoms with Crippen LogP contribution in [0.4, 0.5) is 0 Å². The number of methoxy groups -OCH3 is 1. The highest BCUT2D eigenvalue weighted by Gasteiger charge is 2.26. The molecule has 1 atom stereocenters. The van der Waals surface area contributed by atoms with Gasteiger partial charge in [0.05, 0.1) is 17.0 Å². The highest BCUT2D eigenvalue weighted by atomic mass is 35.5. The number of amides is 1. The first-order valence-electron chi connectivity index (χ1n) is 10.7. The van der Waals surface area contributed by atoms with E-state index in [9.17, 15) is 13.2 Å². The summed E-state index contributed by atoms with van der Waals surface area (Å²) in [6.07, 6.45) is 7.81. The second-order valence-electron chi connectivity index (χ2n) is 7.81. The standard InChI is InChI=1S/C24H29ClN2O4S/c1-31-23-13-12-20(17-21(23)25)32(29,30)27-22(16-19-10-6-3-7-11-19)24(28)26-15-14-18-8-4-2-5-9-18/h3,6-8,10-13,17,22,27H,2,4-5,9,14-16H2,1H3,(H,26,28). The van der Waals surface area contributed by atoms with Crippen LogP contribution >= 0.6 is 11.6 Å². The van der Waals surface area contributed by atoms with Gasteiger partial charge in [0, 0.05) is 6.54 Å². The number of nitrogens with one attached hydrogen (secondary N) is 2. The lowest BCUT2D eigenvalue weighted by molar-refractivity contribution is -0.122. The molecule has 3 rings (SSSR count).